The largest absolute Gasteiger partial charge is 0.306 e. The molecule has 0 spiro atoms. The minimum Gasteiger partial charge on any atom is -0.306 e. The second-order valence-corrected chi connectivity index (χ2v) is 5.56. The van der Waals surface area contributed by atoms with Crippen LogP contribution >= 0.6 is 23.2 Å². The molecule has 1 atom stereocenters. The number of rotatable bonds is 5. The molecule has 2 aromatic carbocycles. The van der Waals surface area contributed by atoms with E-state index in [4.69, 9.17) is 23.2 Å². The molecule has 0 amide bonds. The molecule has 0 fully saturated rings. The van der Waals surface area contributed by atoms with Crippen LogP contribution in [0.2, 0.25) is 10.0 Å². The van der Waals surface area contributed by atoms with Gasteiger partial charge in [0.1, 0.15) is 0 Å². The number of nitrogens with zero attached hydrogens (tertiary/aromatic N) is 1. The van der Waals surface area contributed by atoms with Gasteiger partial charge in [0.2, 0.25) is 0 Å². The average Bonchev–Trinajstić information content (AvgIpc) is 2.44. The van der Waals surface area contributed by atoms with Crippen molar-refractivity contribution in [1.82, 2.24) is 5.32 Å². The van der Waals surface area contributed by atoms with Gasteiger partial charge in [0.15, 0.2) is 0 Å². The molecule has 0 heterocycles. The van der Waals surface area contributed by atoms with E-state index in [1.54, 1.807) is 12.1 Å². The number of nitro groups is 1. The van der Waals surface area contributed by atoms with Crippen LogP contribution in [0, 0.1) is 10.1 Å². The Morgan fingerprint density at radius 3 is 2.57 bits per heavy atom. The summed E-state index contributed by atoms with van der Waals surface area (Å²) in [6, 6.07) is 12.1. The van der Waals surface area contributed by atoms with Crippen molar-refractivity contribution in [2.75, 3.05) is 0 Å². The zero-order valence-electron chi connectivity index (χ0n) is 11.3. The predicted octanol–water partition coefficient (Wildman–Crippen LogP) is 4.75. The number of benzene rings is 2. The van der Waals surface area contributed by atoms with Gasteiger partial charge < -0.3 is 5.32 Å². The summed E-state index contributed by atoms with van der Waals surface area (Å²) in [5, 5.41) is 15.4. The maximum Gasteiger partial charge on any atom is 0.273 e. The van der Waals surface area contributed by atoms with Gasteiger partial charge in [-0.05, 0) is 36.8 Å². The van der Waals surface area contributed by atoms with Gasteiger partial charge in [-0.3, -0.25) is 10.1 Å². The van der Waals surface area contributed by atoms with Crippen LogP contribution in [0.15, 0.2) is 42.5 Å². The second kappa shape index (κ2) is 6.89. The smallest absolute Gasteiger partial charge is 0.273 e. The van der Waals surface area contributed by atoms with Crippen LogP contribution in [0.25, 0.3) is 0 Å². The molecule has 110 valence electrons. The normalized spacial score (nSPS) is 12.1. The third-order valence-electron chi connectivity index (χ3n) is 3.19. The number of halogens is 2. The van der Waals surface area contributed by atoms with Gasteiger partial charge in [0, 0.05) is 34.3 Å². The van der Waals surface area contributed by atoms with Crippen molar-refractivity contribution in [3.05, 3.63) is 73.8 Å². The minimum atomic E-state index is -0.405. The first kappa shape index (κ1) is 15.8. The Bertz CT molecular complexity index is 662. The Kier molecular flexibility index (Phi) is 5.17. The van der Waals surface area contributed by atoms with Gasteiger partial charge in [0.05, 0.1) is 4.92 Å². The third-order valence-corrected chi connectivity index (χ3v) is 3.66. The molecule has 2 rings (SSSR count). The van der Waals surface area contributed by atoms with Crippen molar-refractivity contribution >= 4 is 28.9 Å². The van der Waals surface area contributed by atoms with E-state index in [0.29, 0.717) is 22.2 Å². The number of hydrogen-bond acceptors (Lipinski definition) is 3. The number of nitrogens with one attached hydrogen (secondary N) is 1. The van der Waals surface area contributed by atoms with Crippen LogP contribution in [-0.2, 0) is 6.54 Å². The molecule has 0 aromatic heterocycles. The molecule has 21 heavy (non-hydrogen) atoms. The highest BCUT2D eigenvalue weighted by atomic mass is 35.5. The van der Waals surface area contributed by atoms with Crippen molar-refractivity contribution in [1.29, 1.82) is 0 Å². The molecule has 1 N–H and O–H groups in total. The summed E-state index contributed by atoms with van der Waals surface area (Å²) in [6.45, 7) is 2.33. The van der Waals surface area contributed by atoms with E-state index < -0.39 is 4.92 Å². The van der Waals surface area contributed by atoms with Crippen molar-refractivity contribution in [3.63, 3.8) is 0 Å². The lowest BCUT2D eigenvalue weighted by Crippen LogP contribution is -2.18. The van der Waals surface area contributed by atoms with E-state index in [0.717, 1.165) is 5.56 Å². The fourth-order valence-corrected chi connectivity index (χ4v) is 2.42. The van der Waals surface area contributed by atoms with Crippen LogP contribution in [-0.4, -0.2) is 4.92 Å². The Morgan fingerprint density at radius 2 is 1.90 bits per heavy atom. The summed E-state index contributed by atoms with van der Waals surface area (Å²) in [4.78, 5) is 10.6. The molecule has 0 bridgehead atoms. The molecular weight excluding hydrogens is 311 g/mol. The summed E-state index contributed by atoms with van der Waals surface area (Å²) < 4.78 is 0. The van der Waals surface area contributed by atoms with Crippen LogP contribution in [0.5, 0.6) is 0 Å². The van der Waals surface area contributed by atoms with Gasteiger partial charge in [0.25, 0.3) is 5.69 Å². The molecule has 0 aliphatic carbocycles. The molecule has 6 heteroatoms. The van der Waals surface area contributed by atoms with E-state index in [9.17, 15) is 10.1 Å². The Morgan fingerprint density at radius 1 is 1.19 bits per heavy atom. The molecule has 2 aromatic rings. The van der Waals surface area contributed by atoms with Crippen molar-refractivity contribution < 1.29 is 4.92 Å². The molecule has 0 aliphatic rings. The van der Waals surface area contributed by atoms with E-state index in [-0.39, 0.29) is 11.7 Å². The first-order valence-electron chi connectivity index (χ1n) is 6.39. The highest BCUT2D eigenvalue weighted by molar-refractivity contribution is 6.31. The zero-order chi connectivity index (χ0) is 15.4. The SMILES string of the molecule is CC(NCc1cc(Cl)ccc1[N+](=O)[O-])c1cccc(Cl)c1. The Hall–Kier alpha value is -1.62. The molecule has 0 saturated heterocycles. The van der Waals surface area contributed by atoms with Crippen molar-refractivity contribution in [2.45, 2.75) is 19.5 Å². The average molecular weight is 325 g/mol. The topological polar surface area (TPSA) is 55.2 Å². The summed E-state index contributed by atoms with van der Waals surface area (Å²) in [5.41, 5.74) is 1.64. The zero-order valence-corrected chi connectivity index (χ0v) is 12.9. The van der Waals surface area contributed by atoms with Crippen molar-refractivity contribution in [2.24, 2.45) is 0 Å². The Labute approximate surface area is 132 Å². The van der Waals surface area contributed by atoms with Crippen LogP contribution < -0.4 is 5.32 Å². The minimum absolute atomic E-state index is 0.0160. The van der Waals surface area contributed by atoms with Crippen LogP contribution in [0.1, 0.15) is 24.1 Å². The first-order valence-corrected chi connectivity index (χ1v) is 7.14. The van der Waals surface area contributed by atoms with E-state index in [2.05, 4.69) is 5.32 Å². The van der Waals surface area contributed by atoms with E-state index >= 15 is 0 Å². The molecule has 4 nitrogen and oxygen atoms in total. The van der Waals surface area contributed by atoms with Crippen LogP contribution in [0.4, 0.5) is 5.69 Å². The quantitative estimate of drug-likeness (QED) is 0.637. The van der Waals surface area contributed by atoms with Gasteiger partial charge in [-0.25, -0.2) is 0 Å². The van der Waals surface area contributed by atoms with Crippen molar-refractivity contribution in [3.8, 4) is 0 Å². The maximum atomic E-state index is 11.0. The number of hydrogen-bond donors (Lipinski definition) is 1. The third kappa shape index (κ3) is 4.17. The lowest BCUT2D eigenvalue weighted by molar-refractivity contribution is -0.385. The lowest BCUT2D eigenvalue weighted by atomic mass is 10.1. The summed E-state index contributed by atoms with van der Waals surface area (Å²) in [7, 11) is 0. The second-order valence-electron chi connectivity index (χ2n) is 4.69. The van der Waals surface area contributed by atoms with Gasteiger partial charge in [-0.1, -0.05) is 35.3 Å². The maximum absolute atomic E-state index is 11.0. The fraction of sp³-hybridized carbons (Fsp3) is 0.200. The monoisotopic (exact) mass is 324 g/mol. The lowest BCUT2D eigenvalue weighted by Gasteiger charge is -2.14. The molecule has 1 unspecified atom stereocenters. The van der Waals surface area contributed by atoms with Gasteiger partial charge >= 0.3 is 0 Å². The van der Waals surface area contributed by atoms with E-state index in [1.807, 2.05) is 25.1 Å². The summed E-state index contributed by atoms with van der Waals surface area (Å²) in [6.07, 6.45) is 0. The molecule has 0 radical (unpaired) electrons. The van der Waals surface area contributed by atoms with Gasteiger partial charge in [-0.2, -0.15) is 0 Å². The fourth-order valence-electron chi connectivity index (χ4n) is 2.03. The number of nitro benzene ring substituents is 1. The molecule has 0 saturated carbocycles. The first-order chi connectivity index (χ1) is 9.97. The highest BCUT2D eigenvalue weighted by Gasteiger charge is 2.15. The van der Waals surface area contributed by atoms with Crippen LogP contribution in [0.3, 0.4) is 0 Å². The van der Waals surface area contributed by atoms with Gasteiger partial charge in [-0.15, -0.1) is 0 Å². The highest BCUT2D eigenvalue weighted by Crippen LogP contribution is 2.24. The molecule has 0 aliphatic heterocycles. The summed E-state index contributed by atoms with van der Waals surface area (Å²) >= 11 is 11.9. The van der Waals surface area contributed by atoms with E-state index in [1.165, 1.54) is 12.1 Å². The predicted molar refractivity (Wildman–Crippen MR) is 84.8 cm³/mol. The molecular formula is C15H14Cl2N2O2. The summed E-state index contributed by atoms with van der Waals surface area (Å²) in [5.74, 6) is 0. The standard InChI is InChI=1S/C15H14Cl2N2O2/c1-10(11-3-2-4-13(16)7-11)18-9-12-8-14(17)5-6-15(12)19(20)21/h2-8,10,18H,9H2,1H3. The Balaban J connectivity index is 2.12.